The first-order valence-corrected chi connectivity index (χ1v) is 4.93. The molecule has 0 bridgehead atoms. The van der Waals surface area contributed by atoms with E-state index < -0.39 is 12.1 Å². The Labute approximate surface area is 98.7 Å². The van der Waals surface area contributed by atoms with Crippen molar-refractivity contribution in [3.8, 4) is 0 Å². The lowest BCUT2D eigenvalue weighted by atomic mass is 10.1. The third-order valence-corrected chi connectivity index (χ3v) is 2.05. The number of ether oxygens (including phenoxy) is 1. The molecule has 90 valence electrons. The van der Waals surface area contributed by atoms with Crippen molar-refractivity contribution in [3.05, 3.63) is 42.0 Å². The van der Waals surface area contributed by atoms with Crippen molar-refractivity contribution in [2.45, 2.75) is 6.92 Å². The van der Waals surface area contributed by atoms with Gasteiger partial charge in [-0.1, -0.05) is 18.7 Å². The molecular formula is C12H13NO4. The fourth-order valence-electron chi connectivity index (χ4n) is 1.22. The molecule has 1 amide bonds. The molecule has 1 aromatic carbocycles. The Morgan fingerprint density at radius 1 is 1.53 bits per heavy atom. The SMILES string of the molecule is C=CCOC(=O)Nc1ccc(C)c(C(=O)O)c1. The number of anilines is 1. The normalized spacial score (nSPS) is 9.47. The van der Waals surface area contributed by atoms with E-state index in [9.17, 15) is 9.59 Å². The van der Waals surface area contributed by atoms with Gasteiger partial charge in [-0.15, -0.1) is 0 Å². The minimum atomic E-state index is -1.04. The minimum Gasteiger partial charge on any atom is -0.478 e. The molecule has 0 saturated heterocycles. The van der Waals surface area contributed by atoms with Crippen molar-refractivity contribution in [3.63, 3.8) is 0 Å². The molecule has 0 aliphatic rings. The molecule has 5 heteroatoms. The quantitative estimate of drug-likeness (QED) is 0.786. The van der Waals surface area contributed by atoms with Gasteiger partial charge < -0.3 is 9.84 Å². The molecule has 1 rings (SSSR count). The summed E-state index contributed by atoms with van der Waals surface area (Å²) in [5.41, 5.74) is 1.15. The predicted octanol–water partition coefficient (Wildman–Crippen LogP) is 2.43. The Kier molecular flexibility index (Phi) is 4.28. The van der Waals surface area contributed by atoms with E-state index in [0.717, 1.165) is 0 Å². The molecule has 0 unspecified atom stereocenters. The Morgan fingerprint density at radius 3 is 2.82 bits per heavy atom. The van der Waals surface area contributed by atoms with Gasteiger partial charge in [-0.2, -0.15) is 0 Å². The largest absolute Gasteiger partial charge is 0.478 e. The number of aromatic carboxylic acids is 1. The lowest BCUT2D eigenvalue weighted by Gasteiger charge is -2.07. The second-order valence-corrected chi connectivity index (χ2v) is 3.35. The summed E-state index contributed by atoms with van der Waals surface area (Å²) in [6.07, 6.45) is 0.794. The second-order valence-electron chi connectivity index (χ2n) is 3.35. The van der Waals surface area contributed by atoms with E-state index in [4.69, 9.17) is 9.84 Å². The average Bonchev–Trinajstić information content (AvgIpc) is 2.28. The topological polar surface area (TPSA) is 75.6 Å². The Hall–Kier alpha value is -2.30. The van der Waals surface area contributed by atoms with Gasteiger partial charge in [0.2, 0.25) is 0 Å². The molecule has 0 atom stereocenters. The lowest BCUT2D eigenvalue weighted by molar-refractivity contribution is 0.0696. The Bertz CT molecular complexity index is 454. The van der Waals surface area contributed by atoms with Gasteiger partial charge in [0, 0.05) is 5.69 Å². The Balaban J connectivity index is 2.79. The molecule has 0 saturated carbocycles. The molecule has 0 fully saturated rings. The van der Waals surface area contributed by atoms with E-state index in [1.54, 1.807) is 19.1 Å². The summed E-state index contributed by atoms with van der Waals surface area (Å²) in [6.45, 7) is 5.19. The summed E-state index contributed by atoms with van der Waals surface area (Å²) in [6, 6.07) is 4.61. The smallest absolute Gasteiger partial charge is 0.411 e. The molecule has 0 spiro atoms. The zero-order chi connectivity index (χ0) is 12.8. The number of hydrogen-bond donors (Lipinski definition) is 2. The maximum absolute atomic E-state index is 11.2. The molecule has 0 aliphatic carbocycles. The van der Waals surface area contributed by atoms with Crippen molar-refractivity contribution in [2.24, 2.45) is 0 Å². The summed E-state index contributed by atoms with van der Waals surface area (Å²) in [4.78, 5) is 22.1. The summed E-state index contributed by atoms with van der Waals surface area (Å²) in [5, 5.41) is 11.3. The number of hydrogen-bond acceptors (Lipinski definition) is 3. The van der Waals surface area contributed by atoms with Gasteiger partial charge in [-0.3, -0.25) is 5.32 Å². The molecular weight excluding hydrogens is 222 g/mol. The van der Waals surface area contributed by atoms with Crippen LogP contribution in [0.3, 0.4) is 0 Å². The number of rotatable bonds is 4. The van der Waals surface area contributed by atoms with E-state index in [1.807, 2.05) is 0 Å². The van der Waals surface area contributed by atoms with Gasteiger partial charge in [0.1, 0.15) is 6.61 Å². The number of benzene rings is 1. The van der Waals surface area contributed by atoms with Gasteiger partial charge in [0.25, 0.3) is 0 Å². The fourth-order valence-corrected chi connectivity index (χ4v) is 1.22. The van der Waals surface area contributed by atoms with Crippen molar-refractivity contribution >= 4 is 17.7 Å². The van der Waals surface area contributed by atoms with E-state index in [-0.39, 0.29) is 12.2 Å². The van der Waals surface area contributed by atoms with Crippen LogP contribution in [0.1, 0.15) is 15.9 Å². The molecule has 1 aromatic rings. The molecule has 0 heterocycles. The lowest BCUT2D eigenvalue weighted by Crippen LogP contribution is -2.14. The van der Waals surface area contributed by atoms with Crippen LogP contribution < -0.4 is 5.32 Å². The number of aryl methyl sites for hydroxylation is 1. The van der Waals surface area contributed by atoms with Crippen LogP contribution in [-0.2, 0) is 4.74 Å². The number of carboxylic acid groups (broad SMARTS) is 1. The summed E-state index contributed by atoms with van der Waals surface area (Å²) in [7, 11) is 0. The number of nitrogens with one attached hydrogen (secondary N) is 1. The van der Waals surface area contributed by atoms with Crippen LogP contribution in [0.5, 0.6) is 0 Å². The highest BCUT2D eigenvalue weighted by Crippen LogP contribution is 2.15. The highest BCUT2D eigenvalue weighted by molar-refractivity contribution is 5.92. The third-order valence-electron chi connectivity index (χ3n) is 2.05. The zero-order valence-electron chi connectivity index (χ0n) is 9.40. The first kappa shape index (κ1) is 12.8. The average molecular weight is 235 g/mol. The minimum absolute atomic E-state index is 0.101. The van der Waals surface area contributed by atoms with Crippen LogP contribution in [0.2, 0.25) is 0 Å². The van der Waals surface area contributed by atoms with Crippen LogP contribution in [0.15, 0.2) is 30.9 Å². The highest BCUT2D eigenvalue weighted by Gasteiger charge is 2.09. The highest BCUT2D eigenvalue weighted by atomic mass is 16.5. The molecule has 17 heavy (non-hydrogen) atoms. The standard InChI is InChI=1S/C12H13NO4/c1-3-6-17-12(16)13-9-5-4-8(2)10(7-9)11(14)15/h3-5,7H,1,6H2,2H3,(H,13,16)(H,14,15). The maximum Gasteiger partial charge on any atom is 0.411 e. The summed E-state index contributed by atoms with van der Waals surface area (Å²) in [5.74, 6) is -1.04. The van der Waals surface area contributed by atoms with Crippen molar-refractivity contribution < 1.29 is 19.4 Å². The Morgan fingerprint density at radius 2 is 2.24 bits per heavy atom. The number of carbonyl (C=O) groups is 2. The van der Waals surface area contributed by atoms with Gasteiger partial charge in [-0.05, 0) is 24.6 Å². The molecule has 0 radical (unpaired) electrons. The molecule has 0 aliphatic heterocycles. The van der Waals surface area contributed by atoms with E-state index in [0.29, 0.717) is 11.3 Å². The molecule has 2 N–H and O–H groups in total. The second kappa shape index (κ2) is 5.69. The van der Waals surface area contributed by atoms with E-state index in [2.05, 4.69) is 11.9 Å². The van der Waals surface area contributed by atoms with Crippen LogP contribution in [0, 0.1) is 6.92 Å². The van der Waals surface area contributed by atoms with Crippen molar-refractivity contribution in [1.82, 2.24) is 0 Å². The monoisotopic (exact) mass is 235 g/mol. The number of amides is 1. The van der Waals surface area contributed by atoms with E-state index in [1.165, 1.54) is 12.1 Å². The number of carbonyl (C=O) groups excluding carboxylic acids is 1. The van der Waals surface area contributed by atoms with Crippen LogP contribution in [0.4, 0.5) is 10.5 Å². The van der Waals surface area contributed by atoms with Gasteiger partial charge in [-0.25, -0.2) is 9.59 Å². The third kappa shape index (κ3) is 3.64. The number of carboxylic acids is 1. The van der Waals surface area contributed by atoms with Gasteiger partial charge >= 0.3 is 12.1 Å². The summed E-state index contributed by atoms with van der Waals surface area (Å²) >= 11 is 0. The summed E-state index contributed by atoms with van der Waals surface area (Å²) < 4.78 is 4.71. The van der Waals surface area contributed by atoms with Crippen LogP contribution in [-0.4, -0.2) is 23.8 Å². The molecule has 5 nitrogen and oxygen atoms in total. The fraction of sp³-hybridized carbons (Fsp3) is 0.167. The van der Waals surface area contributed by atoms with Crippen molar-refractivity contribution in [2.75, 3.05) is 11.9 Å². The van der Waals surface area contributed by atoms with Gasteiger partial charge in [0.05, 0.1) is 5.56 Å². The predicted molar refractivity (Wildman–Crippen MR) is 63.3 cm³/mol. The van der Waals surface area contributed by atoms with E-state index >= 15 is 0 Å². The molecule has 0 aromatic heterocycles. The maximum atomic E-state index is 11.2. The van der Waals surface area contributed by atoms with Crippen molar-refractivity contribution in [1.29, 1.82) is 0 Å². The first-order chi connectivity index (χ1) is 8.04. The van der Waals surface area contributed by atoms with Crippen LogP contribution in [0.25, 0.3) is 0 Å². The van der Waals surface area contributed by atoms with Gasteiger partial charge in [0.15, 0.2) is 0 Å². The van der Waals surface area contributed by atoms with Crippen LogP contribution >= 0.6 is 0 Å². The first-order valence-electron chi connectivity index (χ1n) is 4.93. The zero-order valence-corrected chi connectivity index (χ0v) is 9.40.